The van der Waals surface area contributed by atoms with Crippen LogP contribution in [-0.4, -0.2) is 15.0 Å². The highest BCUT2D eigenvalue weighted by atomic mass is 35.5. The van der Waals surface area contributed by atoms with Gasteiger partial charge in [-0.05, 0) is 18.4 Å². The zero-order chi connectivity index (χ0) is 12.4. The first-order valence-corrected chi connectivity index (χ1v) is 5.72. The first-order valence-electron chi connectivity index (χ1n) is 5.72. The third-order valence-electron chi connectivity index (χ3n) is 2.72. The molecule has 0 spiro atoms. The second-order valence-electron chi connectivity index (χ2n) is 4.02. The Labute approximate surface area is 117 Å². The van der Waals surface area contributed by atoms with Crippen molar-refractivity contribution in [2.45, 2.75) is 6.92 Å². The van der Waals surface area contributed by atoms with Crippen LogP contribution in [0.3, 0.4) is 0 Å². The average molecular weight is 273 g/mol. The summed E-state index contributed by atoms with van der Waals surface area (Å²) in [7, 11) is 0. The van der Waals surface area contributed by atoms with Gasteiger partial charge in [0.1, 0.15) is 11.6 Å². The third-order valence-corrected chi connectivity index (χ3v) is 2.72. The van der Waals surface area contributed by atoms with Gasteiger partial charge in [-0.25, -0.2) is 15.0 Å². The second kappa shape index (κ2) is 5.63. The minimum absolute atomic E-state index is 0. The maximum absolute atomic E-state index is 4.36. The minimum Gasteiger partial charge on any atom is -0.337 e. The topological polar surface area (TPSA) is 50.7 Å². The van der Waals surface area contributed by atoms with Crippen molar-refractivity contribution in [2.24, 2.45) is 0 Å². The quantitative estimate of drug-likeness (QED) is 0.776. The number of aryl methyl sites for hydroxylation is 1. The molecule has 0 bridgehead atoms. The molecule has 0 amide bonds. The molecule has 4 nitrogen and oxygen atoms in total. The predicted octanol–water partition coefficient (Wildman–Crippen LogP) is 3.50. The highest BCUT2D eigenvalue weighted by molar-refractivity contribution is 5.92. The number of fused-ring (bicyclic) bond motifs is 1. The van der Waals surface area contributed by atoms with E-state index in [1.54, 1.807) is 18.6 Å². The van der Waals surface area contributed by atoms with Gasteiger partial charge in [0, 0.05) is 11.6 Å². The van der Waals surface area contributed by atoms with Gasteiger partial charge in [0.2, 0.25) is 0 Å². The van der Waals surface area contributed by atoms with Gasteiger partial charge in [-0.3, -0.25) is 0 Å². The molecular weight excluding hydrogens is 260 g/mol. The molecule has 0 aliphatic rings. The number of benzene rings is 1. The molecule has 2 heterocycles. The molecule has 96 valence electrons. The van der Waals surface area contributed by atoms with E-state index in [2.05, 4.69) is 26.3 Å². The van der Waals surface area contributed by atoms with Crippen molar-refractivity contribution < 1.29 is 0 Å². The van der Waals surface area contributed by atoms with Crippen molar-refractivity contribution in [2.75, 3.05) is 5.32 Å². The molecule has 3 aromatic rings. The molecule has 1 aromatic carbocycles. The van der Waals surface area contributed by atoms with Crippen LogP contribution in [-0.2, 0) is 0 Å². The Morgan fingerprint density at radius 3 is 2.47 bits per heavy atom. The molecule has 1 N–H and O–H groups in total. The Morgan fingerprint density at radius 1 is 0.947 bits per heavy atom. The Bertz CT molecular complexity index is 677. The molecule has 3 rings (SSSR count). The fraction of sp³-hybridized carbons (Fsp3) is 0.0714. The Hall–Kier alpha value is -2.20. The molecule has 0 aliphatic carbocycles. The molecule has 0 unspecified atom stereocenters. The van der Waals surface area contributed by atoms with Crippen molar-refractivity contribution in [3.05, 3.63) is 54.7 Å². The van der Waals surface area contributed by atoms with Gasteiger partial charge in [-0.1, -0.05) is 24.3 Å². The van der Waals surface area contributed by atoms with Crippen LogP contribution in [0.4, 0.5) is 11.5 Å². The average Bonchev–Trinajstić information content (AvgIpc) is 2.42. The Morgan fingerprint density at radius 2 is 1.68 bits per heavy atom. The summed E-state index contributed by atoms with van der Waals surface area (Å²) in [5.74, 6) is 1.58. The van der Waals surface area contributed by atoms with Gasteiger partial charge >= 0.3 is 0 Å². The second-order valence-corrected chi connectivity index (χ2v) is 4.02. The predicted molar refractivity (Wildman–Crippen MR) is 79.0 cm³/mol. The molecule has 19 heavy (non-hydrogen) atoms. The SMILES string of the molecule is Cc1ncc(Nc2nccc3ccccc23)cn1.Cl. The van der Waals surface area contributed by atoms with E-state index in [1.165, 1.54) is 0 Å². The van der Waals surface area contributed by atoms with Crippen LogP contribution < -0.4 is 5.32 Å². The van der Waals surface area contributed by atoms with Crippen LogP contribution in [0.1, 0.15) is 5.82 Å². The van der Waals surface area contributed by atoms with Gasteiger partial charge in [0.25, 0.3) is 0 Å². The van der Waals surface area contributed by atoms with E-state index in [-0.39, 0.29) is 12.4 Å². The summed E-state index contributed by atoms with van der Waals surface area (Å²) < 4.78 is 0. The summed E-state index contributed by atoms with van der Waals surface area (Å²) >= 11 is 0. The summed E-state index contributed by atoms with van der Waals surface area (Å²) in [5, 5.41) is 5.48. The van der Waals surface area contributed by atoms with Crippen LogP contribution >= 0.6 is 12.4 Å². The number of pyridine rings is 1. The summed E-state index contributed by atoms with van der Waals surface area (Å²) in [4.78, 5) is 12.7. The third kappa shape index (κ3) is 2.80. The summed E-state index contributed by atoms with van der Waals surface area (Å²) in [6, 6.07) is 10.1. The van der Waals surface area contributed by atoms with Crippen LogP contribution in [0.15, 0.2) is 48.9 Å². The molecule has 0 saturated carbocycles. The van der Waals surface area contributed by atoms with Crippen LogP contribution in [0.2, 0.25) is 0 Å². The van der Waals surface area contributed by atoms with E-state index >= 15 is 0 Å². The molecule has 0 aliphatic heterocycles. The lowest BCUT2D eigenvalue weighted by atomic mass is 10.1. The van der Waals surface area contributed by atoms with Crippen molar-refractivity contribution >= 4 is 34.7 Å². The molecule has 0 radical (unpaired) electrons. The Balaban J connectivity index is 0.00000133. The van der Waals surface area contributed by atoms with E-state index in [1.807, 2.05) is 31.2 Å². The zero-order valence-electron chi connectivity index (χ0n) is 10.4. The van der Waals surface area contributed by atoms with Gasteiger partial charge < -0.3 is 5.32 Å². The number of nitrogens with zero attached hydrogens (tertiary/aromatic N) is 3. The lowest BCUT2D eigenvalue weighted by Gasteiger charge is -2.07. The van der Waals surface area contributed by atoms with Crippen LogP contribution in [0.5, 0.6) is 0 Å². The molecule has 0 atom stereocenters. The minimum atomic E-state index is 0. The van der Waals surface area contributed by atoms with Gasteiger partial charge in [0.15, 0.2) is 0 Å². The highest BCUT2D eigenvalue weighted by Gasteiger charge is 2.02. The number of halogens is 1. The molecule has 5 heteroatoms. The number of aromatic nitrogens is 3. The largest absolute Gasteiger partial charge is 0.337 e. The smallest absolute Gasteiger partial charge is 0.138 e. The Kier molecular flexibility index (Phi) is 3.92. The standard InChI is InChI=1S/C14H12N4.ClH/c1-10-16-8-12(9-17-10)18-14-13-5-3-2-4-11(13)6-7-15-14;/h2-9H,1H3,(H,15,18);1H. The molecule has 2 aromatic heterocycles. The number of anilines is 2. The highest BCUT2D eigenvalue weighted by Crippen LogP contribution is 2.23. The van der Waals surface area contributed by atoms with Crippen molar-refractivity contribution in [3.8, 4) is 0 Å². The van der Waals surface area contributed by atoms with E-state index in [0.29, 0.717) is 0 Å². The maximum Gasteiger partial charge on any atom is 0.138 e. The monoisotopic (exact) mass is 272 g/mol. The summed E-state index contributed by atoms with van der Waals surface area (Å²) in [6.07, 6.45) is 5.30. The van der Waals surface area contributed by atoms with E-state index < -0.39 is 0 Å². The van der Waals surface area contributed by atoms with Gasteiger partial charge in [0.05, 0.1) is 18.1 Å². The number of hydrogen-bond donors (Lipinski definition) is 1. The van der Waals surface area contributed by atoms with Gasteiger partial charge in [-0.15, -0.1) is 12.4 Å². The summed E-state index contributed by atoms with van der Waals surface area (Å²) in [5.41, 5.74) is 0.837. The maximum atomic E-state index is 4.36. The first-order chi connectivity index (χ1) is 8.83. The van der Waals surface area contributed by atoms with E-state index in [4.69, 9.17) is 0 Å². The number of hydrogen-bond acceptors (Lipinski definition) is 4. The van der Waals surface area contributed by atoms with E-state index in [9.17, 15) is 0 Å². The van der Waals surface area contributed by atoms with Crippen LogP contribution in [0.25, 0.3) is 10.8 Å². The molecule has 0 fully saturated rings. The van der Waals surface area contributed by atoms with Crippen LogP contribution in [0, 0.1) is 6.92 Å². The fourth-order valence-corrected chi connectivity index (χ4v) is 1.81. The van der Waals surface area contributed by atoms with E-state index in [0.717, 1.165) is 28.1 Å². The van der Waals surface area contributed by atoms with Crippen molar-refractivity contribution in [1.29, 1.82) is 0 Å². The lowest BCUT2D eigenvalue weighted by Crippen LogP contribution is -1.96. The normalized spacial score (nSPS) is 9.95. The van der Waals surface area contributed by atoms with Crippen molar-refractivity contribution in [1.82, 2.24) is 15.0 Å². The fourth-order valence-electron chi connectivity index (χ4n) is 1.81. The summed E-state index contributed by atoms with van der Waals surface area (Å²) in [6.45, 7) is 1.86. The zero-order valence-corrected chi connectivity index (χ0v) is 11.2. The van der Waals surface area contributed by atoms with Gasteiger partial charge in [-0.2, -0.15) is 0 Å². The number of nitrogens with one attached hydrogen (secondary N) is 1. The van der Waals surface area contributed by atoms with Crippen molar-refractivity contribution in [3.63, 3.8) is 0 Å². The number of rotatable bonds is 2. The first kappa shape index (κ1) is 13.2. The lowest BCUT2D eigenvalue weighted by molar-refractivity contribution is 1.05. The molecule has 0 saturated heterocycles. The molecular formula is C14H13ClN4.